The summed E-state index contributed by atoms with van der Waals surface area (Å²) in [6.45, 7) is 1.95. The van der Waals surface area contributed by atoms with Crippen LogP contribution in [0, 0.1) is 5.41 Å². The van der Waals surface area contributed by atoms with Crippen molar-refractivity contribution >= 4 is 18.0 Å². The van der Waals surface area contributed by atoms with Crippen LogP contribution in [0.5, 0.6) is 0 Å². The number of hydrogen-bond donors (Lipinski definition) is 0. The van der Waals surface area contributed by atoms with Gasteiger partial charge in [0, 0.05) is 6.42 Å². The first kappa shape index (κ1) is 12.6. The number of allylic oxidation sites excluding steroid dienone is 2. The van der Waals surface area contributed by atoms with Crippen LogP contribution in [0.25, 0.3) is 0 Å². The minimum atomic E-state index is -1.12. The Morgan fingerprint density at radius 3 is 2.94 bits per heavy atom. The molecule has 0 fully saturated rings. The van der Waals surface area contributed by atoms with Gasteiger partial charge in [-0.2, -0.15) is 0 Å². The van der Waals surface area contributed by atoms with Crippen molar-refractivity contribution in [3.05, 3.63) is 12.2 Å². The SMILES string of the molecule is CCOC(=O)[C@]1(CCC=O)CCC=CC1=O. The Morgan fingerprint density at radius 2 is 2.38 bits per heavy atom. The van der Waals surface area contributed by atoms with E-state index in [0.717, 1.165) is 6.29 Å². The monoisotopic (exact) mass is 224 g/mol. The van der Waals surface area contributed by atoms with Crippen LogP contribution in [0.3, 0.4) is 0 Å². The highest BCUT2D eigenvalue weighted by Gasteiger charge is 2.45. The van der Waals surface area contributed by atoms with Crippen molar-refractivity contribution in [1.82, 2.24) is 0 Å². The molecule has 0 bridgehead atoms. The summed E-state index contributed by atoms with van der Waals surface area (Å²) < 4.78 is 4.94. The Labute approximate surface area is 94.7 Å². The maximum atomic E-state index is 11.8. The molecule has 0 aliphatic heterocycles. The number of carbonyl (C=O) groups excluding carboxylic acids is 3. The molecule has 1 aliphatic carbocycles. The fraction of sp³-hybridized carbons (Fsp3) is 0.583. The van der Waals surface area contributed by atoms with Crippen LogP contribution in [-0.4, -0.2) is 24.6 Å². The molecule has 0 heterocycles. The van der Waals surface area contributed by atoms with E-state index in [0.29, 0.717) is 12.8 Å². The lowest BCUT2D eigenvalue weighted by Gasteiger charge is -2.30. The highest BCUT2D eigenvalue weighted by Crippen LogP contribution is 2.35. The second kappa shape index (κ2) is 5.58. The van der Waals surface area contributed by atoms with Gasteiger partial charge in [-0.3, -0.25) is 9.59 Å². The zero-order valence-corrected chi connectivity index (χ0v) is 9.40. The molecule has 16 heavy (non-hydrogen) atoms. The third kappa shape index (κ3) is 2.38. The van der Waals surface area contributed by atoms with E-state index in [1.165, 1.54) is 6.08 Å². The van der Waals surface area contributed by atoms with Gasteiger partial charge in [0.05, 0.1) is 6.61 Å². The van der Waals surface area contributed by atoms with E-state index >= 15 is 0 Å². The van der Waals surface area contributed by atoms with Crippen molar-refractivity contribution in [2.45, 2.75) is 32.6 Å². The molecule has 88 valence electrons. The number of rotatable bonds is 5. The van der Waals surface area contributed by atoms with Crippen molar-refractivity contribution in [3.8, 4) is 0 Å². The molecule has 0 amide bonds. The molecular formula is C12H16O4. The van der Waals surface area contributed by atoms with Gasteiger partial charge < -0.3 is 9.53 Å². The third-order valence-corrected chi connectivity index (χ3v) is 2.83. The van der Waals surface area contributed by atoms with Crippen molar-refractivity contribution in [2.24, 2.45) is 5.41 Å². The summed E-state index contributed by atoms with van der Waals surface area (Å²) in [6.07, 6.45) is 5.47. The number of carbonyl (C=O) groups is 3. The molecule has 0 aromatic carbocycles. The summed E-state index contributed by atoms with van der Waals surface area (Å²) in [5, 5.41) is 0. The predicted molar refractivity (Wildman–Crippen MR) is 57.7 cm³/mol. The van der Waals surface area contributed by atoms with Crippen LogP contribution in [0.4, 0.5) is 0 Å². The maximum absolute atomic E-state index is 11.8. The van der Waals surface area contributed by atoms with E-state index in [9.17, 15) is 14.4 Å². The van der Waals surface area contributed by atoms with E-state index in [4.69, 9.17) is 4.74 Å². The molecule has 0 spiro atoms. The Morgan fingerprint density at radius 1 is 1.62 bits per heavy atom. The van der Waals surface area contributed by atoms with E-state index in [1.54, 1.807) is 13.0 Å². The number of esters is 1. The molecule has 0 unspecified atom stereocenters. The number of aldehydes is 1. The third-order valence-electron chi connectivity index (χ3n) is 2.83. The van der Waals surface area contributed by atoms with Crippen LogP contribution < -0.4 is 0 Å². The Kier molecular flexibility index (Phi) is 4.40. The molecule has 0 saturated heterocycles. The highest BCUT2D eigenvalue weighted by molar-refractivity contribution is 6.09. The van der Waals surface area contributed by atoms with E-state index in [-0.39, 0.29) is 25.2 Å². The molecule has 0 radical (unpaired) electrons. The maximum Gasteiger partial charge on any atom is 0.320 e. The molecule has 0 aromatic rings. The highest BCUT2D eigenvalue weighted by atomic mass is 16.5. The van der Waals surface area contributed by atoms with Crippen LogP contribution >= 0.6 is 0 Å². The lowest BCUT2D eigenvalue weighted by Crippen LogP contribution is -2.41. The summed E-state index contributed by atoms with van der Waals surface area (Å²) in [6, 6.07) is 0. The molecule has 1 aliphatic rings. The summed E-state index contributed by atoms with van der Waals surface area (Å²) in [5.74, 6) is -0.731. The van der Waals surface area contributed by atoms with Crippen molar-refractivity contribution in [3.63, 3.8) is 0 Å². The first-order chi connectivity index (χ1) is 7.67. The van der Waals surface area contributed by atoms with Crippen LogP contribution in [-0.2, 0) is 19.1 Å². The van der Waals surface area contributed by atoms with Gasteiger partial charge in [0.25, 0.3) is 0 Å². The molecule has 4 heteroatoms. The minimum Gasteiger partial charge on any atom is -0.465 e. The number of ketones is 1. The lowest BCUT2D eigenvalue weighted by atomic mass is 9.73. The lowest BCUT2D eigenvalue weighted by molar-refractivity contribution is -0.160. The summed E-state index contributed by atoms with van der Waals surface area (Å²) >= 11 is 0. The minimum absolute atomic E-state index is 0.207. The molecule has 1 rings (SSSR count). The average molecular weight is 224 g/mol. The van der Waals surface area contributed by atoms with Crippen molar-refractivity contribution in [2.75, 3.05) is 6.61 Å². The Balaban J connectivity index is 2.91. The first-order valence-electron chi connectivity index (χ1n) is 5.49. The smallest absolute Gasteiger partial charge is 0.320 e. The summed E-state index contributed by atoms with van der Waals surface area (Å²) in [5.41, 5.74) is -1.12. The van der Waals surface area contributed by atoms with Crippen LogP contribution in [0.15, 0.2) is 12.2 Å². The molecule has 4 nitrogen and oxygen atoms in total. The van der Waals surface area contributed by atoms with Gasteiger partial charge in [-0.1, -0.05) is 6.08 Å². The van der Waals surface area contributed by atoms with Gasteiger partial charge in [0.15, 0.2) is 5.78 Å². The standard InChI is InChI=1S/C12H16O4/c1-2-16-11(15)12(8-5-9-13)7-4-3-6-10(12)14/h3,6,9H,2,4-5,7-8H2,1H3/t12-/m0/s1. The van der Waals surface area contributed by atoms with E-state index in [2.05, 4.69) is 0 Å². The summed E-state index contributed by atoms with van der Waals surface area (Å²) in [4.78, 5) is 34.1. The predicted octanol–water partition coefficient (Wildman–Crippen LogP) is 1.43. The van der Waals surface area contributed by atoms with Crippen LogP contribution in [0.2, 0.25) is 0 Å². The van der Waals surface area contributed by atoms with Crippen molar-refractivity contribution in [1.29, 1.82) is 0 Å². The number of ether oxygens (including phenoxy) is 1. The molecule has 1 atom stereocenters. The zero-order chi connectivity index (χ0) is 12.0. The Bertz CT molecular complexity index is 319. The fourth-order valence-electron chi connectivity index (χ4n) is 1.93. The van der Waals surface area contributed by atoms with Gasteiger partial charge in [-0.25, -0.2) is 0 Å². The molecule has 0 aromatic heterocycles. The quantitative estimate of drug-likeness (QED) is 0.402. The van der Waals surface area contributed by atoms with Crippen LogP contribution in [0.1, 0.15) is 32.6 Å². The molecule has 0 saturated carbocycles. The fourth-order valence-corrected chi connectivity index (χ4v) is 1.93. The summed E-state index contributed by atoms with van der Waals surface area (Å²) in [7, 11) is 0. The van der Waals surface area contributed by atoms with Gasteiger partial charge in [-0.15, -0.1) is 0 Å². The van der Waals surface area contributed by atoms with E-state index in [1.807, 2.05) is 0 Å². The second-order valence-electron chi connectivity index (χ2n) is 3.81. The van der Waals surface area contributed by atoms with Gasteiger partial charge >= 0.3 is 5.97 Å². The zero-order valence-electron chi connectivity index (χ0n) is 9.40. The molecular weight excluding hydrogens is 208 g/mol. The average Bonchev–Trinajstić information content (AvgIpc) is 2.28. The van der Waals surface area contributed by atoms with Gasteiger partial charge in [0.2, 0.25) is 0 Å². The van der Waals surface area contributed by atoms with Gasteiger partial charge in [0.1, 0.15) is 11.7 Å². The number of hydrogen-bond acceptors (Lipinski definition) is 4. The van der Waals surface area contributed by atoms with Crippen molar-refractivity contribution < 1.29 is 19.1 Å². The largest absolute Gasteiger partial charge is 0.465 e. The molecule has 0 N–H and O–H groups in total. The normalized spacial score (nSPS) is 24.2. The van der Waals surface area contributed by atoms with E-state index < -0.39 is 11.4 Å². The first-order valence-corrected chi connectivity index (χ1v) is 5.49. The topological polar surface area (TPSA) is 60.4 Å². The second-order valence-corrected chi connectivity index (χ2v) is 3.81. The van der Waals surface area contributed by atoms with Gasteiger partial charge in [-0.05, 0) is 32.3 Å². The Hall–Kier alpha value is -1.45.